The molecule has 18 heavy (non-hydrogen) atoms. The van der Waals surface area contributed by atoms with E-state index >= 15 is 0 Å². The lowest BCUT2D eigenvalue weighted by molar-refractivity contribution is 0.506. The zero-order valence-electron chi connectivity index (χ0n) is 10.7. The van der Waals surface area contributed by atoms with Crippen LogP contribution in [-0.2, 0) is 6.42 Å². The normalized spacial score (nSPS) is 12.6. The summed E-state index contributed by atoms with van der Waals surface area (Å²) in [6.45, 7) is 5.19. The van der Waals surface area contributed by atoms with Gasteiger partial charge in [-0.15, -0.1) is 0 Å². The van der Waals surface area contributed by atoms with Crippen LogP contribution >= 0.6 is 15.9 Å². The van der Waals surface area contributed by atoms with E-state index < -0.39 is 0 Å². The van der Waals surface area contributed by atoms with Crippen LogP contribution < -0.4 is 5.32 Å². The smallest absolute Gasteiger partial charge is 0.173 e. The summed E-state index contributed by atoms with van der Waals surface area (Å²) in [5.41, 5.74) is 3.82. The molecule has 0 aliphatic carbocycles. The third-order valence-corrected chi connectivity index (χ3v) is 3.64. The van der Waals surface area contributed by atoms with Crippen molar-refractivity contribution in [3.63, 3.8) is 0 Å². The quantitative estimate of drug-likeness (QED) is 0.893. The van der Waals surface area contributed by atoms with Gasteiger partial charge in [-0.3, -0.25) is 0 Å². The van der Waals surface area contributed by atoms with Gasteiger partial charge in [-0.25, -0.2) is 0 Å². The van der Waals surface area contributed by atoms with E-state index in [4.69, 9.17) is 4.42 Å². The molecule has 0 fully saturated rings. The van der Waals surface area contributed by atoms with Crippen molar-refractivity contribution >= 4 is 15.9 Å². The number of rotatable bonds is 5. The fraction of sp³-hybridized carbons (Fsp3) is 0.333. The third-order valence-electron chi connectivity index (χ3n) is 2.99. The van der Waals surface area contributed by atoms with E-state index in [0.717, 1.165) is 17.6 Å². The van der Waals surface area contributed by atoms with E-state index in [9.17, 15) is 0 Å². The van der Waals surface area contributed by atoms with Gasteiger partial charge in [0, 0.05) is 11.6 Å². The maximum Gasteiger partial charge on any atom is 0.173 e. The Labute approximate surface area is 117 Å². The highest BCUT2D eigenvalue weighted by molar-refractivity contribution is 9.10. The summed E-state index contributed by atoms with van der Waals surface area (Å²) in [5.74, 6) is 0. The number of aryl methyl sites for hydroxylation is 1. The van der Waals surface area contributed by atoms with Gasteiger partial charge in [0.15, 0.2) is 4.67 Å². The molecule has 1 aromatic carbocycles. The average molecular weight is 308 g/mol. The van der Waals surface area contributed by atoms with E-state index in [1.54, 1.807) is 6.26 Å². The molecule has 2 aromatic rings. The molecule has 0 saturated carbocycles. The van der Waals surface area contributed by atoms with Crippen LogP contribution in [0.1, 0.15) is 29.7 Å². The Balaban J connectivity index is 2.19. The second kappa shape index (κ2) is 6.21. The SMILES string of the molecule is CCNC(Cc1cccc(C)c1)c1ccoc1Br. The first-order valence-corrected chi connectivity index (χ1v) is 7.01. The molecule has 3 heteroatoms. The Kier molecular flexibility index (Phi) is 4.61. The molecule has 1 atom stereocenters. The summed E-state index contributed by atoms with van der Waals surface area (Å²) in [5, 5.41) is 3.50. The van der Waals surface area contributed by atoms with Crippen LogP contribution in [0.25, 0.3) is 0 Å². The first kappa shape index (κ1) is 13.4. The van der Waals surface area contributed by atoms with Crippen LogP contribution in [0.5, 0.6) is 0 Å². The molecule has 0 amide bonds. The monoisotopic (exact) mass is 307 g/mol. The molecule has 1 unspecified atom stereocenters. The zero-order chi connectivity index (χ0) is 13.0. The Bertz CT molecular complexity index is 507. The predicted molar refractivity (Wildman–Crippen MR) is 77.7 cm³/mol. The highest BCUT2D eigenvalue weighted by Crippen LogP contribution is 2.27. The third kappa shape index (κ3) is 3.24. The predicted octanol–water partition coefficient (Wildman–Crippen LogP) is 4.24. The lowest BCUT2D eigenvalue weighted by Crippen LogP contribution is -2.22. The summed E-state index contributed by atoms with van der Waals surface area (Å²) in [7, 11) is 0. The van der Waals surface area contributed by atoms with Crippen molar-refractivity contribution in [1.82, 2.24) is 5.32 Å². The molecular weight excluding hydrogens is 290 g/mol. The fourth-order valence-electron chi connectivity index (χ4n) is 2.17. The van der Waals surface area contributed by atoms with Crippen molar-refractivity contribution in [2.24, 2.45) is 0 Å². The highest BCUT2D eigenvalue weighted by atomic mass is 79.9. The van der Waals surface area contributed by atoms with Crippen LogP contribution in [0.3, 0.4) is 0 Å². The van der Waals surface area contributed by atoms with Gasteiger partial charge in [0.05, 0.1) is 6.26 Å². The molecule has 0 saturated heterocycles. The van der Waals surface area contributed by atoms with Crippen LogP contribution in [0.4, 0.5) is 0 Å². The summed E-state index contributed by atoms with van der Waals surface area (Å²) in [4.78, 5) is 0. The lowest BCUT2D eigenvalue weighted by atomic mass is 10.00. The minimum Gasteiger partial charge on any atom is -0.457 e. The van der Waals surface area contributed by atoms with Gasteiger partial charge in [-0.2, -0.15) is 0 Å². The van der Waals surface area contributed by atoms with Crippen LogP contribution in [-0.4, -0.2) is 6.54 Å². The number of benzene rings is 1. The zero-order valence-corrected chi connectivity index (χ0v) is 12.3. The molecule has 2 nitrogen and oxygen atoms in total. The molecule has 1 heterocycles. The molecule has 2 rings (SSSR count). The number of furan rings is 1. The van der Waals surface area contributed by atoms with Crippen molar-refractivity contribution in [3.05, 3.63) is 58.0 Å². The summed E-state index contributed by atoms with van der Waals surface area (Å²) >= 11 is 3.46. The van der Waals surface area contributed by atoms with Crippen LogP contribution in [0.2, 0.25) is 0 Å². The van der Waals surface area contributed by atoms with Gasteiger partial charge in [0.1, 0.15) is 0 Å². The minimum absolute atomic E-state index is 0.282. The second-order valence-electron chi connectivity index (χ2n) is 4.45. The van der Waals surface area contributed by atoms with E-state index in [2.05, 4.69) is 59.4 Å². The first-order valence-electron chi connectivity index (χ1n) is 6.22. The highest BCUT2D eigenvalue weighted by Gasteiger charge is 2.16. The first-order chi connectivity index (χ1) is 8.70. The second-order valence-corrected chi connectivity index (χ2v) is 5.17. The Morgan fingerprint density at radius 2 is 2.17 bits per heavy atom. The number of nitrogens with one attached hydrogen (secondary N) is 1. The summed E-state index contributed by atoms with van der Waals surface area (Å²) in [6, 6.07) is 10.9. The fourth-order valence-corrected chi connectivity index (χ4v) is 2.68. The molecule has 1 N–H and O–H groups in total. The van der Waals surface area contributed by atoms with E-state index in [-0.39, 0.29) is 6.04 Å². The topological polar surface area (TPSA) is 25.2 Å². The maximum atomic E-state index is 5.33. The summed E-state index contributed by atoms with van der Waals surface area (Å²) < 4.78 is 6.15. The van der Waals surface area contributed by atoms with Crippen molar-refractivity contribution in [1.29, 1.82) is 0 Å². The minimum atomic E-state index is 0.282. The van der Waals surface area contributed by atoms with Crippen molar-refractivity contribution in [2.45, 2.75) is 26.3 Å². The molecule has 1 aromatic heterocycles. The van der Waals surface area contributed by atoms with Crippen molar-refractivity contribution in [3.8, 4) is 0 Å². The van der Waals surface area contributed by atoms with Gasteiger partial charge in [-0.1, -0.05) is 36.8 Å². The molecule has 0 spiro atoms. The molecule has 0 aliphatic rings. The van der Waals surface area contributed by atoms with Gasteiger partial charge in [0.2, 0.25) is 0 Å². The number of likely N-dealkylation sites (N-methyl/N-ethyl adjacent to an activating group) is 1. The van der Waals surface area contributed by atoms with Crippen molar-refractivity contribution < 1.29 is 4.42 Å². The lowest BCUT2D eigenvalue weighted by Gasteiger charge is -2.17. The van der Waals surface area contributed by atoms with Crippen LogP contribution in [0.15, 0.2) is 45.7 Å². The van der Waals surface area contributed by atoms with E-state index in [0.29, 0.717) is 0 Å². The van der Waals surface area contributed by atoms with Crippen LogP contribution in [0, 0.1) is 6.92 Å². The van der Waals surface area contributed by atoms with Gasteiger partial charge >= 0.3 is 0 Å². The average Bonchev–Trinajstić information content (AvgIpc) is 2.75. The Morgan fingerprint density at radius 3 is 2.78 bits per heavy atom. The number of hydrogen-bond acceptors (Lipinski definition) is 2. The Morgan fingerprint density at radius 1 is 1.33 bits per heavy atom. The largest absolute Gasteiger partial charge is 0.457 e. The molecule has 0 radical (unpaired) electrons. The van der Waals surface area contributed by atoms with Gasteiger partial charge in [-0.05, 0) is 47.4 Å². The molecule has 0 bridgehead atoms. The van der Waals surface area contributed by atoms with E-state index in [1.807, 2.05) is 6.07 Å². The summed E-state index contributed by atoms with van der Waals surface area (Å²) in [6.07, 6.45) is 2.69. The molecule has 0 aliphatic heterocycles. The van der Waals surface area contributed by atoms with Crippen molar-refractivity contribution in [2.75, 3.05) is 6.54 Å². The standard InChI is InChI=1S/C15H18BrNO/c1-3-17-14(13-7-8-18-15(13)16)10-12-6-4-5-11(2)9-12/h4-9,14,17H,3,10H2,1-2H3. The van der Waals surface area contributed by atoms with E-state index in [1.165, 1.54) is 16.7 Å². The molecular formula is C15H18BrNO. The molecule has 96 valence electrons. The van der Waals surface area contributed by atoms with Gasteiger partial charge < -0.3 is 9.73 Å². The maximum absolute atomic E-state index is 5.33. The number of hydrogen-bond donors (Lipinski definition) is 1. The van der Waals surface area contributed by atoms with Gasteiger partial charge in [0.25, 0.3) is 0 Å². The Hall–Kier alpha value is -1.06. The number of halogens is 1.